The van der Waals surface area contributed by atoms with Gasteiger partial charge >= 0.3 is 0 Å². The predicted molar refractivity (Wildman–Crippen MR) is 72.5 cm³/mol. The first kappa shape index (κ1) is 13.4. The molecule has 0 fully saturated rings. The van der Waals surface area contributed by atoms with Gasteiger partial charge in [-0.15, -0.1) is 0 Å². The summed E-state index contributed by atoms with van der Waals surface area (Å²) in [5.41, 5.74) is 3.79. The minimum Gasteiger partial charge on any atom is -0.271 e. The zero-order chi connectivity index (χ0) is 13.1. The molecule has 6 heteroatoms. The molecule has 0 amide bonds. The Balaban J connectivity index is 2.52. The molecule has 1 atom stereocenters. The van der Waals surface area contributed by atoms with Crippen LogP contribution in [0.15, 0.2) is 41.0 Å². The Labute approximate surface area is 117 Å². The summed E-state index contributed by atoms with van der Waals surface area (Å²) in [7, 11) is 0. The number of benzene rings is 1. The van der Waals surface area contributed by atoms with Gasteiger partial charge in [-0.05, 0) is 51.8 Å². The fraction of sp³-hybridized carbons (Fsp3) is 0.0833. The maximum atomic E-state index is 13.3. The van der Waals surface area contributed by atoms with Crippen LogP contribution in [0.5, 0.6) is 0 Å². The summed E-state index contributed by atoms with van der Waals surface area (Å²) >= 11 is 9.45. The Morgan fingerprint density at radius 3 is 2.83 bits per heavy atom. The van der Waals surface area contributed by atoms with Crippen LogP contribution in [-0.4, -0.2) is 4.98 Å². The number of nitrogens with one attached hydrogen (secondary N) is 1. The molecular formula is C12H10BrClFN3. The van der Waals surface area contributed by atoms with Crippen molar-refractivity contribution in [1.82, 2.24) is 10.4 Å². The summed E-state index contributed by atoms with van der Waals surface area (Å²) in [6.07, 6.45) is 1.64. The Kier molecular flexibility index (Phi) is 4.29. The van der Waals surface area contributed by atoms with Gasteiger partial charge in [0.25, 0.3) is 0 Å². The van der Waals surface area contributed by atoms with Gasteiger partial charge in [0.15, 0.2) is 0 Å². The van der Waals surface area contributed by atoms with E-state index < -0.39 is 6.04 Å². The van der Waals surface area contributed by atoms with Crippen LogP contribution in [0.25, 0.3) is 0 Å². The van der Waals surface area contributed by atoms with Crippen molar-refractivity contribution in [2.45, 2.75) is 6.04 Å². The van der Waals surface area contributed by atoms with Crippen molar-refractivity contribution in [1.29, 1.82) is 0 Å². The Morgan fingerprint density at radius 2 is 2.17 bits per heavy atom. The van der Waals surface area contributed by atoms with Gasteiger partial charge < -0.3 is 0 Å². The standard InChI is InChI=1S/C12H10BrClFN3/c13-9-2-1-5-17-12(9)11(18-16)8-6-7(15)3-4-10(8)14/h1-6,11,18H,16H2. The summed E-state index contributed by atoms with van der Waals surface area (Å²) in [5, 5.41) is 0.428. The monoisotopic (exact) mass is 329 g/mol. The largest absolute Gasteiger partial charge is 0.271 e. The van der Waals surface area contributed by atoms with E-state index in [1.165, 1.54) is 18.2 Å². The van der Waals surface area contributed by atoms with Crippen LogP contribution < -0.4 is 11.3 Å². The lowest BCUT2D eigenvalue weighted by Crippen LogP contribution is -2.30. The topological polar surface area (TPSA) is 50.9 Å². The molecule has 0 aliphatic heterocycles. The normalized spacial score (nSPS) is 12.4. The van der Waals surface area contributed by atoms with Crippen molar-refractivity contribution in [2.24, 2.45) is 5.84 Å². The lowest BCUT2D eigenvalue weighted by molar-refractivity contribution is 0.596. The third kappa shape index (κ3) is 2.70. The van der Waals surface area contributed by atoms with E-state index in [1.54, 1.807) is 12.3 Å². The van der Waals surface area contributed by atoms with Gasteiger partial charge in [-0.25, -0.2) is 9.82 Å². The Morgan fingerprint density at radius 1 is 1.39 bits per heavy atom. The number of hydrogen-bond acceptors (Lipinski definition) is 3. The van der Waals surface area contributed by atoms with Crippen molar-refractivity contribution in [3.8, 4) is 0 Å². The Hall–Kier alpha value is -1.01. The summed E-state index contributed by atoms with van der Waals surface area (Å²) in [5.74, 6) is 5.16. The third-order valence-corrected chi connectivity index (χ3v) is 3.51. The molecule has 18 heavy (non-hydrogen) atoms. The van der Waals surface area contributed by atoms with Crippen molar-refractivity contribution < 1.29 is 4.39 Å². The van der Waals surface area contributed by atoms with Gasteiger partial charge in [0.05, 0.1) is 11.7 Å². The Bertz CT molecular complexity index is 565. The second kappa shape index (κ2) is 5.75. The second-order valence-electron chi connectivity index (χ2n) is 3.64. The van der Waals surface area contributed by atoms with Gasteiger partial charge in [-0.3, -0.25) is 10.8 Å². The first-order valence-corrected chi connectivity index (χ1v) is 6.32. The van der Waals surface area contributed by atoms with E-state index in [2.05, 4.69) is 26.3 Å². The van der Waals surface area contributed by atoms with Crippen LogP contribution in [0.1, 0.15) is 17.3 Å². The molecule has 2 aromatic rings. The van der Waals surface area contributed by atoms with Crippen molar-refractivity contribution in [3.05, 3.63) is 63.1 Å². The van der Waals surface area contributed by atoms with E-state index >= 15 is 0 Å². The van der Waals surface area contributed by atoms with Crippen molar-refractivity contribution >= 4 is 27.5 Å². The molecule has 0 saturated carbocycles. The summed E-state index contributed by atoms with van der Waals surface area (Å²) < 4.78 is 14.1. The number of pyridine rings is 1. The molecule has 0 saturated heterocycles. The smallest absolute Gasteiger partial charge is 0.123 e. The molecule has 2 rings (SSSR count). The van der Waals surface area contributed by atoms with E-state index in [0.717, 1.165) is 4.47 Å². The van der Waals surface area contributed by atoms with Crippen molar-refractivity contribution in [2.75, 3.05) is 0 Å². The second-order valence-corrected chi connectivity index (χ2v) is 4.90. The quantitative estimate of drug-likeness (QED) is 0.671. The van der Waals surface area contributed by atoms with Crippen LogP contribution in [0.4, 0.5) is 4.39 Å². The van der Waals surface area contributed by atoms with E-state index in [0.29, 0.717) is 16.3 Å². The number of nitrogens with two attached hydrogens (primary N) is 1. The van der Waals surface area contributed by atoms with Crippen LogP contribution in [0, 0.1) is 5.82 Å². The molecule has 1 aromatic heterocycles. The molecule has 1 aromatic carbocycles. The number of halogens is 3. The van der Waals surface area contributed by atoms with Crippen LogP contribution in [0.2, 0.25) is 5.02 Å². The fourth-order valence-corrected chi connectivity index (χ4v) is 2.37. The highest BCUT2D eigenvalue weighted by molar-refractivity contribution is 9.10. The van der Waals surface area contributed by atoms with E-state index in [1.807, 2.05) is 6.07 Å². The predicted octanol–water partition coefficient (Wildman–Crippen LogP) is 3.19. The van der Waals surface area contributed by atoms with E-state index in [4.69, 9.17) is 17.4 Å². The highest BCUT2D eigenvalue weighted by atomic mass is 79.9. The molecule has 0 bridgehead atoms. The minimum atomic E-state index is -0.483. The zero-order valence-corrected chi connectivity index (χ0v) is 11.5. The van der Waals surface area contributed by atoms with Gasteiger partial charge in [0, 0.05) is 15.7 Å². The number of nitrogens with zero attached hydrogens (tertiary/aromatic N) is 1. The van der Waals surface area contributed by atoms with Gasteiger partial charge in [0.1, 0.15) is 5.82 Å². The molecule has 3 N–H and O–H groups in total. The number of aromatic nitrogens is 1. The molecule has 0 spiro atoms. The molecule has 94 valence electrons. The van der Waals surface area contributed by atoms with Crippen LogP contribution in [-0.2, 0) is 0 Å². The number of rotatable bonds is 3. The lowest BCUT2D eigenvalue weighted by atomic mass is 10.0. The van der Waals surface area contributed by atoms with Gasteiger partial charge in [-0.1, -0.05) is 11.6 Å². The molecule has 1 heterocycles. The molecule has 3 nitrogen and oxygen atoms in total. The molecular weight excluding hydrogens is 321 g/mol. The van der Waals surface area contributed by atoms with Gasteiger partial charge in [-0.2, -0.15) is 0 Å². The fourth-order valence-electron chi connectivity index (χ4n) is 1.66. The van der Waals surface area contributed by atoms with E-state index in [-0.39, 0.29) is 5.82 Å². The maximum absolute atomic E-state index is 13.3. The van der Waals surface area contributed by atoms with E-state index in [9.17, 15) is 4.39 Å². The maximum Gasteiger partial charge on any atom is 0.123 e. The summed E-state index contributed by atoms with van der Waals surface area (Å²) in [4.78, 5) is 4.23. The average Bonchev–Trinajstić information content (AvgIpc) is 2.36. The van der Waals surface area contributed by atoms with Crippen molar-refractivity contribution in [3.63, 3.8) is 0 Å². The molecule has 0 radical (unpaired) electrons. The van der Waals surface area contributed by atoms with Crippen LogP contribution in [0.3, 0.4) is 0 Å². The first-order chi connectivity index (χ1) is 8.63. The zero-order valence-electron chi connectivity index (χ0n) is 9.20. The molecule has 0 aliphatic carbocycles. The number of hydrazine groups is 1. The minimum absolute atomic E-state index is 0.373. The molecule has 0 aliphatic rings. The van der Waals surface area contributed by atoms with Gasteiger partial charge in [0.2, 0.25) is 0 Å². The number of hydrogen-bond donors (Lipinski definition) is 2. The highest BCUT2D eigenvalue weighted by Crippen LogP contribution is 2.30. The molecule has 1 unspecified atom stereocenters. The lowest BCUT2D eigenvalue weighted by Gasteiger charge is -2.18. The third-order valence-electron chi connectivity index (χ3n) is 2.50. The average molecular weight is 331 g/mol. The SMILES string of the molecule is NNC(c1cc(F)ccc1Cl)c1ncccc1Br. The first-order valence-electron chi connectivity index (χ1n) is 5.15. The van der Waals surface area contributed by atoms with Crippen LogP contribution >= 0.6 is 27.5 Å². The highest BCUT2D eigenvalue weighted by Gasteiger charge is 2.19. The summed E-state index contributed by atoms with van der Waals surface area (Å²) in [6.45, 7) is 0. The summed E-state index contributed by atoms with van der Waals surface area (Å²) in [6, 6.07) is 7.27.